The summed E-state index contributed by atoms with van der Waals surface area (Å²) >= 11 is 0. The van der Waals surface area contributed by atoms with Crippen LogP contribution in [-0.2, 0) is 4.79 Å². The number of rotatable bonds is 8. The van der Waals surface area contributed by atoms with Crippen molar-refractivity contribution < 1.29 is 19.4 Å². The van der Waals surface area contributed by atoms with Crippen molar-refractivity contribution in [3.8, 4) is 11.5 Å². The molecule has 0 bridgehead atoms. The van der Waals surface area contributed by atoms with Crippen LogP contribution in [-0.4, -0.2) is 36.9 Å². The summed E-state index contributed by atoms with van der Waals surface area (Å²) in [5.41, 5.74) is 0. The average molecular weight is 253 g/mol. The van der Waals surface area contributed by atoms with Crippen molar-refractivity contribution in [2.75, 3.05) is 19.8 Å². The standard InChI is InChI=1S/C13H19NO4/c1-3-14-12(13(15)16)9-18-11-7-5-10(6-8-11)17-4-2/h5-8,12,14H,3-4,9H2,1-2H3,(H,15,16). The third-order valence-electron chi connectivity index (χ3n) is 2.30. The Morgan fingerprint density at radius 2 is 1.78 bits per heavy atom. The molecule has 100 valence electrons. The monoisotopic (exact) mass is 253 g/mol. The van der Waals surface area contributed by atoms with Crippen molar-refractivity contribution in [1.29, 1.82) is 0 Å². The lowest BCUT2D eigenvalue weighted by Crippen LogP contribution is -2.41. The fraction of sp³-hybridized carbons (Fsp3) is 0.462. The molecule has 5 nitrogen and oxygen atoms in total. The van der Waals surface area contributed by atoms with Gasteiger partial charge < -0.3 is 19.9 Å². The maximum atomic E-state index is 10.9. The van der Waals surface area contributed by atoms with Gasteiger partial charge in [-0.1, -0.05) is 6.92 Å². The maximum Gasteiger partial charge on any atom is 0.324 e. The minimum atomic E-state index is -0.914. The van der Waals surface area contributed by atoms with Crippen LogP contribution < -0.4 is 14.8 Å². The molecule has 0 aliphatic rings. The van der Waals surface area contributed by atoms with E-state index in [9.17, 15) is 4.79 Å². The van der Waals surface area contributed by atoms with Crippen LogP contribution in [0, 0.1) is 0 Å². The van der Waals surface area contributed by atoms with Gasteiger partial charge in [-0.15, -0.1) is 0 Å². The van der Waals surface area contributed by atoms with Gasteiger partial charge in [-0.3, -0.25) is 4.79 Å². The van der Waals surface area contributed by atoms with E-state index < -0.39 is 12.0 Å². The van der Waals surface area contributed by atoms with Crippen molar-refractivity contribution in [2.24, 2.45) is 0 Å². The SMILES string of the molecule is CCNC(COc1ccc(OCC)cc1)C(=O)O. The molecule has 18 heavy (non-hydrogen) atoms. The van der Waals surface area contributed by atoms with Gasteiger partial charge in [-0.25, -0.2) is 0 Å². The molecule has 1 atom stereocenters. The fourth-order valence-electron chi connectivity index (χ4n) is 1.44. The van der Waals surface area contributed by atoms with Gasteiger partial charge in [-0.05, 0) is 37.7 Å². The van der Waals surface area contributed by atoms with E-state index in [4.69, 9.17) is 14.6 Å². The van der Waals surface area contributed by atoms with Crippen LogP contribution in [0.3, 0.4) is 0 Å². The first-order valence-electron chi connectivity index (χ1n) is 5.99. The van der Waals surface area contributed by atoms with Crippen molar-refractivity contribution in [1.82, 2.24) is 5.32 Å². The van der Waals surface area contributed by atoms with Gasteiger partial charge in [0.1, 0.15) is 24.1 Å². The molecule has 0 aliphatic carbocycles. The van der Waals surface area contributed by atoms with Crippen LogP contribution in [0.4, 0.5) is 0 Å². The summed E-state index contributed by atoms with van der Waals surface area (Å²) in [5.74, 6) is 0.483. The lowest BCUT2D eigenvalue weighted by atomic mass is 10.3. The summed E-state index contributed by atoms with van der Waals surface area (Å²) < 4.78 is 10.7. The van der Waals surface area contributed by atoms with Gasteiger partial charge in [0, 0.05) is 0 Å². The summed E-state index contributed by atoms with van der Waals surface area (Å²) in [5, 5.41) is 11.8. The van der Waals surface area contributed by atoms with Crippen LogP contribution in [0.15, 0.2) is 24.3 Å². The van der Waals surface area contributed by atoms with E-state index in [2.05, 4.69) is 5.32 Å². The van der Waals surface area contributed by atoms with Crippen LogP contribution >= 0.6 is 0 Å². The molecule has 0 saturated carbocycles. The second kappa shape index (κ2) is 7.55. The zero-order chi connectivity index (χ0) is 13.4. The summed E-state index contributed by atoms with van der Waals surface area (Å²) in [6.07, 6.45) is 0. The maximum absolute atomic E-state index is 10.9. The Hall–Kier alpha value is -1.75. The number of hydrogen-bond donors (Lipinski definition) is 2. The summed E-state index contributed by atoms with van der Waals surface area (Å²) in [4.78, 5) is 10.9. The highest BCUT2D eigenvalue weighted by Crippen LogP contribution is 2.17. The molecule has 0 amide bonds. The molecule has 0 aromatic heterocycles. The van der Waals surface area contributed by atoms with E-state index in [1.807, 2.05) is 13.8 Å². The second-order valence-corrected chi connectivity index (χ2v) is 3.66. The minimum Gasteiger partial charge on any atom is -0.494 e. The Morgan fingerprint density at radius 1 is 1.22 bits per heavy atom. The highest BCUT2D eigenvalue weighted by Gasteiger charge is 2.16. The number of nitrogens with one attached hydrogen (secondary N) is 1. The van der Waals surface area contributed by atoms with Gasteiger partial charge in [0.05, 0.1) is 6.61 Å². The highest BCUT2D eigenvalue weighted by atomic mass is 16.5. The topological polar surface area (TPSA) is 67.8 Å². The second-order valence-electron chi connectivity index (χ2n) is 3.66. The summed E-state index contributed by atoms with van der Waals surface area (Å²) in [6, 6.07) is 6.41. The van der Waals surface area contributed by atoms with Crippen molar-refractivity contribution >= 4 is 5.97 Å². The molecule has 0 saturated heterocycles. The third kappa shape index (κ3) is 4.63. The number of benzene rings is 1. The average Bonchev–Trinajstić information content (AvgIpc) is 2.36. The zero-order valence-corrected chi connectivity index (χ0v) is 10.7. The normalized spacial score (nSPS) is 11.9. The first-order chi connectivity index (χ1) is 8.67. The molecule has 0 fully saturated rings. The summed E-state index contributed by atoms with van der Waals surface area (Å²) in [7, 11) is 0. The molecule has 5 heteroatoms. The van der Waals surface area contributed by atoms with Crippen LogP contribution in [0.1, 0.15) is 13.8 Å². The molecule has 1 aromatic rings. The lowest BCUT2D eigenvalue weighted by molar-refractivity contribution is -0.140. The Morgan fingerprint density at radius 3 is 2.22 bits per heavy atom. The molecule has 0 aliphatic heterocycles. The van der Waals surface area contributed by atoms with E-state index in [1.165, 1.54) is 0 Å². The molecule has 1 unspecified atom stereocenters. The number of carbonyl (C=O) groups is 1. The smallest absolute Gasteiger partial charge is 0.324 e. The first kappa shape index (κ1) is 14.3. The number of aliphatic carboxylic acids is 1. The molecular formula is C13H19NO4. The lowest BCUT2D eigenvalue weighted by Gasteiger charge is -2.14. The Bertz CT molecular complexity index is 364. The molecule has 0 heterocycles. The number of likely N-dealkylation sites (N-methyl/N-ethyl adjacent to an activating group) is 1. The predicted molar refractivity (Wildman–Crippen MR) is 68.2 cm³/mol. The van der Waals surface area contributed by atoms with Gasteiger partial charge in [0.2, 0.25) is 0 Å². The van der Waals surface area contributed by atoms with Gasteiger partial charge in [-0.2, -0.15) is 0 Å². The van der Waals surface area contributed by atoms with Gasteiger partial charge in [0.25, 0.3) is 0 Å². The number of ether oxygens (including phenoxy) is 2. The van der Waals surface area contributed by atoms with E-state index in [0.29, 0.717) is 18.9 Å². The van der Waals surface area contributed by atoms with Gasteiger partial charge in [0.15, 0.2) is 0 Å². The zero-order valence-electron chi connectivity index (χ0n) is 10.7. The van der Waals surface area contributed by atoms with Gasteiger partial charge >= 0.3 is 5.97 Å². The number of carboxylic acids is 1. The van der Waals surface area contributed by atoms with Crippen molar-refractivity contribution in [3.05, 3.63) is 24.3 Å². The first-order valence-corrected chi connectivity index (χ1v) is 5.99. The molecule has 0 spiro atoms. The summed E-state index contributed by atoms with van der Waals surface area (Å²) in [6.45, 7) is 5.06. The quantitative estimate of drug-likeness (QED) is 0.735. The van der Waals surface area contributed by atoms with E-state index in [-0.39, 0.29) is 6.61 Å². The minimum absolute atomic E-state index is 0.0944. The van der Waals surface area contributed by atoms with Crippen LogP contribution in [0.5, 0.6) is 11.5 Å². The van der Waals surface area contributed by atoms with E-state index >= 15 is 0 Å². The molecule has 1 aromatic carbocycles. The van der Waals surface area contributed by atoms with Crippen molar-refractivity contribution in [3.63, 3.8) is 0 Å². The Labute approximate surface area is 107 Å². The number of hydrogen-bond acceptors (Lipinski definition) is 4. The Balaban J connectivity index is 2.48. The number of carboxylic acid groups (broad SMARTS) is 1. The van der Waals surface area contributed by atoms with Crippen molar-refractivity contribution in [2.45, 2.75) is 19.9 Å². The van der Waals surface area contributed by atoms with Crippen LogP contribution in [0.2, 0.25) is 0 Å². The molecule has 0 radical (unpaired) electrons. The molecular weight excluding hydrogens is 234 g/mol. The molecule has 1 rings (SSSR count). The molecule has 2 N–H and O–H groups in total. The third-order valence-corrected chi connectivity index (χ3v) is 2.30. The Kier molecular flexibility index (Phi) is 6.00. The fourth-order valence-corrected chi connectivity index (χ4v) is 1.44. The predicted octanol–water partition coefficient (Wildman–Crippen LogP) is 1.53. The van der Waals surface area contributed by atoms with Crippen LogP contribution in [0.25, 0.3) is 0 Å². The largest absolute Gasteiger partial charge is 0.494 e. The van der Waals surface area contributed by atoms with E-state index in [1.54, 1.807) is 24.3 Å². The highest BCUT2D eigenvalue weighted by molar-refractivity contribution is 5.73. The van der Waals surface area contributed by atoms with E-state index in [0.717, 1.165) is 5.75 Å².